The van der Waals surface area contributed by atoms with Gasteiger partial charge in [0.05, 0.1) is 17.4 Å². The Hall–Kier alpha value is -1.51. The Morgan fingerprint density at radius 1 is 1.21 bits per heavy atom. The van der Waals surface area contributed by atoms with Crippen LogP contribution >= 0.6 is 11.8 Å². The Kier molecular flexibility index (Phi) is 5.80. The summed E-state index contributed by atoms with van der Waals surface area (Å²) < 4.78 is 0. The highest BCUT2D eigenvalue weighted by Gasteiger charge is 2.38. The lowest BCUT2D eigenvalue weighted by Crippen LogP contribution is -2.49. The molecular weight excluding hydrogens is 318 g/mol. The lowest BCUT2D eigenvalue weighted by molar-refractivity contribution is -0.132. The van der Waals surface area contributed by atoms with Gasteiger partial charge in [-0.15, -0.1) is 11.8 Å². The zero-order valence-corrected chi connectivity index (χ0v) is 15.1. The fraction of sp³-hybridized carbons (Fsp3) is 0.579. The summed E-state index contributed by atoms with van der Waals surface area (Å²) in [5.41, 5.74) is 0.660. The standard InChI is InChI=1S/C19H25N3OS/c1-2-21-11-9-17(10-12-21)22(16-5-6-16)19(23)14-24-18-7-3-15(13-20)4-8-18/h3-4,7-8,16-17H,2,5-6,9-12,14H2,1H3. The van der Waals surface area contributed by atoms with Crippen molar-refractivity contribution in [3.8, 4) is 6.07 Å². The first kappa shape index (κ1) is 17.3. The third kappa shape index (κ3) is 4.31. The van der Waals surface area contributed by atoms with E-state index in [1.54, 1.807) is 11.8 Å². The molecule has 1 amide bonds. The van der Waals surface area contributed by atoms with Crippen LogP contribution in [0.3, 0.4) is 0 Å². The number of hydrogen-bond donors (Lipinski definition) is 0. The summed E-state index contributed by atoms with van der Waals surface area (Å²) in [6.45, 7) is 5.54. The summed E-state index contributed by atoms with van der Waals surface area (Å²) in [5, 5.41) is 8.85. The van der Waals surface area contributed by atoms with Crippen molar-refractivity contribution in [1.82, 2.24) is 9.80 Å². The molecule has 1 saturated heterocycles. The summed E-state index contributed by atoms with van der Waals surface area (Å²) in [7, 11) is 0. The Balaban J connectivity index is 1.55. The molecule has 1 aromatic rings. The molecule has 5 heteroatoms. The quantitative estimate of drug-likeness (QED) is 0.745. The van der Waals surface area contributed by atoms with Crippen LogP contribution in [0, 0.1) is 11.3 Å². The molecule has 0 atom stereocenters. The van der Waals surface area contributed by atoms with E-state index in [9.17, 15) is 4.79 Å². The van der Waals surface area contributed by atoms with E-state index in [0.717, 1.165) is 37.4 Å². The van der Waals surface area contributed by atoms with Crippen LogP contribution in [0.5, 0.6) is 0 Å². The number of amides is 1. The predicted molar refractivity (Wildman–Crippen MR) is 96.9 cm³/mol. The molecule has 0 spiro atoms. The first-order chi connectivity index (χ1) is 11.7. The second-order valence-corrected chi connectivity index (χ2v) is 7.67. The maximum atomic E-state index is 12.8. The van der Waals surface area contributed by atoms with Crippen LogP contribution in [0.15, 0.2) is 29.2 Å². The van der Waals surface area contributed by atoms with Gasteiger partial charge in [0.25, 0.3) is 0 Å². The van der Waals surface area contributed by atoms with Gasteiger partial charge < -0.3 is 9.80 Å². The summed E-state index contributed by atoms with van der Waals surface area (Å²) in [5.74, 6) is 0.776. The first-order valence-electron chi connectivity index (χ1n) is 8.87. The van der Waals surface area contributed by atoms with Crippen LogP contribution in [0.25, 0.3) is 0 Å². The molecule has 1 saturated carbocycles. The van der Waals surface area contributed by atoms with Crippen molar-refractivity contribution < 1.29 is 4.79 Å². The van der Waals surface area contributed by atoms with Gasteiger partial charge in [0.1, 0.15) is 0 Å². The minimum atomic E-state index is 0.279. The molecule has 1 aromatic carbocycles. The van der Waals surface area contributed by atoms with Gasteiger partial charge in [0.2, 0.25) is 5.91 Å². The molecule has 0 radical (unpaired) electrons. The molecule has 128 valence electrons. The molecule has 2 fully saturated rings. The number of nitrogens with zero attached hydrogens (tertiary/aromatic N) is 3. The number of thioether (sulfide) groups is 1. The van der Waals surface area contributed by atoms with E-state index in [0.29, 0.717) is 23.4 Å². The van der Waals surface area contributed by atoms with Gasteiger partial charge >= 0.3 is 0 Å². The van der Waals surface area contributed by atoms with Crippen molar-refractivity contribution in [1.29, 1.82) is 5.26 Å². The van der Waals surface area contributed by atoms with Crippen LogP contribution in [-0.2, 0) is 4.79 Å². The molecule has 0 unspecified atom stereocenters. The number of likely N-dealkylation sites (tertiary alicyclic amines) is 1. The highest BCUT2D eigenvalue weighted by atomic mass is 32.2. The number of rotatable bonds is 6. The van der Waals surface area contributed by atoms with Gasteiger partial charge in [-0.3, -0.25) is 4.79 Å². The Morgan fingerprint density at radius 3 is 2.38 bits per heavy atom. The topological polar surface area (TPSA) is 47.3 Å². The first-order valence-corrected chi connectivity index (χ1v) is 9.86. The number of hydrogen-bond acceptors (Lipinski definition) is 4. The fourth-order valence-corrected chi connectivity index (χ4v) is 4.18. The summed E-state index contributed by atoms with van der Waals surface area (Å²) in [4.78, 5) is 18.5. The van der Waals surface area contributed by atoms with E-state index < -0.39 is 0 Å². The molecule has 0 N–H and O–H groups in total. The second-order valence-electron chi connectivity index (χ2n) is 6.62. The van der Waals surface area contributed by atoms with Crippen molar-refractivity contribution in [2.75, 3.05) is 25.4 Å². The van der Waals surface area contributed by atoms with Crippen LogP contribution in [-0.4, -0.2) is 53.2 Å². The molecule has 2 aliphatic rings. The minimum absolute atomic E-state index is 0.279. The van der Waals surface area contributed by atoms with Gasteiger partial charge in [0.15, 0.2) is 0 Å². The molecule has 24 heavy (non-hydrogen) atoms. The third-order valence-electron chi connectivity index (χ3n) is 4.97. The Morgan fingerprint density at radius 2 is 1.83 bits per heavy atom. The van der Waals surface area contributed by atoms with Crippen LogP contribution < -0.4 is 0 Å². The molecule has 1 heterocycles. The smallest absolute Gasteiger partial charge is 0.233 e. The van der Waals surface area contributed by atoms with E-state index >= 15 is 0 Å². The number of carbonyl (C=O) groups excluding carboxylic acids is 1. The highest BCUT2D eigenvalue weighted by molar-refractivity contribution is 8.00. The minimum Gasteiger partial charge on any atom is -0.336 e. The monoisotopic (exact) mass is 343 g/mol. The number of piperidine rings is 1. The number of nitriles is 1. The molecular formula is C19H25N3OS. The maximum absolute atomic E-state index is 12.8. The van der Waals surface area contributed by atoms with Crippen molar-refractivity contribution in [3.63, 3.8) is 0 Å². The molecule has 0 bridgehead atoms. The SMILES string of the molecule is CCN1CCC(N(C(=O)CSc2ccc(C#N)cc2)C2CC2)CC1. The Bertz CT molecular complexity index is 598. The highest BCUT2D eigenvalue weighted by Crippen LogP contribution is 2.33. The lowest BCUT2D eigenvalue weighted by atomic mass is 10.0. The van der Waals surface area contributed by atoms with E-state index in [1.807, 2.05) is 24.3 Å². The van der Waals surface area contributed by atoms with Gasteiger partial charge in [-0.1, -0.05) is 6.92 Å². The van der Waals surface area contributed by atoms with Gasteiger partial charge in [-0.05, 0) is 56.5 Å². The van der Waals surface area contributed by atoms with Crippen molar-refractivity contribution in [3.05, 3.63) is 29.8 Å². The summed E-state index contributed by atoms with van der Waals surface area (Å²) >= 11 is 1.58. The van der Waals surface area contributed by atoms with Crippen molar-refractivity contribution in [2.45, 2.75) is 49.6 Å². The number of carbonyl (C=O) groups is 1. The van der Waals surface area contributed by atoms with Gasteiger partial charge in [0, 0.05) is 30.1 Å². The molecule has 1 aliphatic heterocycles. The predicted octanol–water partition coefficient (Wildman–Crippen LogP) is 3.13. The average molecular weight is 343 g/mol. The van der Waals surface area contributed by atoms with Gasteiger partial charge in [-0.2, -0.15) is 5.26 Å². The summed E-state index contributed by atoms with van der Waals surface area (Å²) in [6.07, 6.45) is 4.55. The van der Waals surface area contributed by atoms with Crippen LogP contribution in [0.4, 0.5) is 0 Å². The molecule has 4 nitrogen and oxygen atoms in total. The van der Waals surface area contributed by atoms with Crippen LogP contribution in [0.2, 0.25) is 0 Å². The zero-order chi connectivity index (χ0) is 16.9. The molecule has 0 aromatic heterocycles. The summed E-state index contributed by atoms with van der Waals surface area (Å²) in [6, 6.07) is 10.5. The fourth-order valence-electron chi connectivity index (χ4n) is 3.42. The van der Waals surface area contributed by atoms with Gasteiger partial charge in [-0.25, -0.2) is 0 Å². The van der Waals surface area contributed by atoms with Crippen molar-refractivity contribution >= 4 is 17.7 Å². The largest absolute Gasteiger partial charge is 0.336 e. The van der Waals surface area contributed by atoms with Crippen molar-refractivity contribution in [2.24, 2.45) is 0 Å². The Labute approximate surface area is 148 Å². The maximum Gasteiger partial charge on any atom is 0.233 e. The lowest BCUT2D eigenvalue weighted by Gasteiger charge is -2.38. The van der Waals surface area contributed by atoms with E-state index in [1.165, 1.54) is 12.8 Å². The molecule has 1 aliphatic carbocycles. The number of benzene rings is 1. The van der Waals surface area contributed by atoms with E-state index in [-0.39, 0.29) is 5.91 Å². The van der Waals surface area contributed by atoms with Crippen LogP contribution in [0.1, 0.15) is 38.2 Å². The average Bonchev–Trinajstić information content (AvgIpc) is 3.46. The normalized spacial score (nSPS) is 19.0. The van der Waals surface area contributed by atoms with E-state index in [4.69, 9.17) is 5.26 Å². The zero-order valence-electron chi connectivity index (χ0n) is 14.3. The molecule has 3 rings (SSSR count). The third-order valence-corrected chi connectivity index (χ3v) is 5.97. The second kappa shape index (κ2) is 8.04. The van der Waals surface area contributed by atoms with E-state index in [2.05, 4.69) is 22.8 Å².